The van der Waals surface area contributed by atoms with Crippen LogP contribution in [0.1, 0.15) is 24.1 Å². The van der Waals surface area contributed by atoms with Gasteiger partial charge in [-0.2, -0.15) is 0 Å². The van der Waals surface area contributed by atoms with Gasteiger partial charge in [-0.3, -0.25) is 14.2 Å². The molecule has 10 heteroatoms. The van der Waals surface area contributed by atoms with Crippen molar-refractivity contribution in [2.24, 2.45) is 0 Å². The smallest absolute Gasteiger partial charge is 0.234 e. The van der Waals surface area contributed by atoms with E-state index in [1.807, 2.05) is 47.9 Å². The molecule has 180 valence electrons. The molecule has 4 rings (SSSR count). The molecule has 4 aromatic rings. The lowest BCUT2D eigenvalue weighted by Crippen LogP contribution is -2.15. The molecule has 0 aliphatic heterocycles. The standard InChI is InChI=1S/C25H25N5O4S/c1-17-5-11-21(12-6-17)34-15-23-28-29-25(30(23)14-22-4-3-13-33-22)35-16-24(32)27-20-9-7-19(8-10-20)26-18(2)31/h3-13H,14-16H2,1-2H3,(H,26,31)(H,27,32). The monoisotopic (exact) mass is 491 g/mol. The van der Waals surface area contributed by atoms with Gasteiger partial charge in [-0.05, 0) is 55.5 Å². The molecular formula is C25H25N5O4S. The second-order valence-corrected chi connectivity index (χ2v) is 8.70. The first kappa shape index (κ1) is 24.1. The molecule has 0 radical (unpaired) electrons. The summed E-state index contributed by atoms with van der Waals surface area (Å²) in [6.07, 6.45) is 1.61. The van der Waals surface area contributed by atoms with Crippen LogP contribution in [0.15, 0.2) is 76.5 Å². The SMILES string of the molecule is CC(=O)Nc1ccc(NC(=O)CSc2nnc(COc3ccc(C)cc3)n2Cc2ccco2)cc1. The number of hydrogen-bond acceptors (Lipinski definition) is 7. The van der Waals surface area contributed by atoms with Gasteiger partial charge >= 0.3 is 0 Å². The molecule has 0 aliphatic rings. The first-order valence-corrected chi connectivity index (χ1v) is 11.9. The predicted octanol–water partition coefficient (Wildman–Crippen LogP) is 4.50. The van der Waals surface area contributed by atoms with Crippen molar-refractivity contribution in [2.75, 3.05) is 16.4 Å². The normalized spacial score (nSPS) is 10.7. The molecule has 35 heavy (non-hydrogen) atoms. The van der Waals surface area contributed by atoms with Crippen LogP contribution in [0.5, 0.6) is 5.75 Å². The average molecular weight is 492 g/mol. The van der Waals surface area contributed by atoms with Gasteiger partial charge < -0.3 is 19.8 Å². The second-order valence-electron chi connectivity index (χ2n) is 7.76. The first-order valence-electron chi connectivity index (χ1n) is 10.9. The van der Waals surface area contributed by atoms with Gasteiger partial charge in [-0.25, -0.2) is 0 Å². The largest absolute Gasteiger partial charge is 0.486 e. The van der Waals surface area contributed by atoms with Gasteiger partial charge in [0.15, 0.2) is 11.0 Å². The second kappa shape index (κ2) is 11.4. The van der Waals surface area contributed by atoms with E-state index in [1.54, 1.807) is 30.5 Å². The molecule has 0 unspecified atom stereocenters. The number of nitrogens with one attached hydrogen (secondary N) is 2. The molecule has 2 N–H and O–H groups in total. The van der Waals surface area contributed by atoms with Crippen LogP contribution in [-0.4, -0.2) is 32.3 Å². The van der Waals surface area contributed by atoms with Gasteiger partial charge in [0.1, 0.15) is 18.1 Å². The van der Waals surface area contributed by atoms with Gasteiger partial charge in [-0.1, -0.05) is 29.5 Å². The van der Waals surface area contributed by atoms with Crippen LogP contribution in [0, 0.1) is 6.92 Å². The zero-order valence-electron chi connectivity index (χ0n) is 19.4. The number of thioether (sulfide) groups is 1. The van der Waals surface area contributed by atoms with Gasteiger partial charge in [0, 0.05) is 18.3 Å². The number of rotatable bonds is 10. The topological polar surface area (TPSA) is 111 Å². The van der Waals surface area contributed by atoms with Crippen LogP contribution in [0.4, 0.5) is 11.4 Å². The Bertz CT molecular complexity index is 1270. The number of carbonyl (C=O) groups excluding carboxylic acids is 2. The molecule has 2 aromatic heterocycles. The van der Waals surface area contributed by atoms with Gasteiger partial charge in [0.2, 0.25) is 11.8 Å². The number of ether oxygens (including phenoxy) is 1. The highest BCUT2D eigenvalue weighted by Gasteiger charge is 2.16. The number of benzene rings is 2. The Morgan fingerprint density at radius 3 is 2.37 bits per heavy atom. The Hall–Kier alpha value is -4.05. The van der Waals surface area contributed by atoms with Crippen molar-refractivity contribution in [2.45, 2.75) is 32.2 Å². The third-order valence-electron chi connectivity index (χ3n) is 4.90. The fourth-order valence-electron chi connectivity index (χ4n) is 3.20. The summed E-state index contributed by atoms with van der Waals surface area (Å²) >= 11 is 1.28. The maximum absolute atomic E-state index is 12.5. The van der Waals surface area contributed by atoms with E-state index in [2.05, 4.69) is 20.8 Å². The summed E-state index contributed by atoms with van der Waals surface area (Å²) in [6, 6.07) is 18.4. The summed E-state index contributed by atoms with van der Waals surface area (Å²) in [5, 5.41) is 14.7. The summed E-state index contributed by atoms with van der Waals surface area (Å²) in [4.78, 5) is 23.7. The van der Waals surface area contributed by atoms with E-state index in [-0.39, 0.29) is 24.2 Å². The van der Waals surface area contributed by atoms with Crippen molar-refractivity contribution in [1.82, 2.24) is 14.8 Å². The average Bonchev–Trinajstić information content (AvgIpc) is 3.49. The Morgan fingerprint density at radius 1 is 1.00 bits per heavy atom. The van der Waals surface area contributed by atoms with Crippen molar-refractivity contribution < 1.29 is 18.7 Å². The zero-order valence-corrected chi connectivity index (χ0v) is 20.2. The Kier molecular flexibility index (Phi) is 7.84. The summed E-state index contributed by atoms with van der Waals surface area (Å²) in [5.41, 5.74) is 2.45. The van der Waals surface area contributed by atoms with Crippen molar-refractivity contribution in [3.8, 4) is 5.75 Å². The van der Waals surface area contributed by atoms with Crippen LogP contribution >= 0.6 is 11.8 Å². The molecule has 0 bridgehead atoms. The fourth-order valence-corrected chi connectivity index (χ4v) is 3.96. The van der Waals surface area contributed by atoms with E-state index in [4.69, 9.17) is 9.15 Å². The lowest BCUT2D eigenvalue weighted by Gasteiger charge is -2.10. The van der Waals surface area contributed by atoms with Crippen molar-refractivity contribution in [3.63, 3.8) is 0 Å². The predicted molar refractivity (Wildman–Crippen MR) is 133 cm³/mol. The van der Waals surface area contributed by atoms with Crippen LogP contribution in [-0.2, 0) is 22.7 Å². The highest BCUT2D eigenvalue weighted by Crippen LogP contribution is 2.21. The van der Waals surface area contributed by atoms with Gasteiger partial charge in [0.25, 0.3) is 0 Å². The minimum absolute atomic E-state index is 0.141. The third-order valence-corrected chi connectivity index (χ3v) is 5.86. The molecular weight excluding hydrogens is 466 g/mol. The summed E-state index contributed by atoms with van der Waals surface area (Å²) in [5.74, 6) is 1.90. The number of furan rings is 1. The van der Waals surface area contributed by atoms with E-state index < -0.39 is 0 Å². The number of aromatic nitrogens is 3. The van der Waals surface area contributed by atoms with Crippen molar-refractivity contribution in [3.05, 3.63) is 84.1 Å². The van der Waals surface area contributed by atoms with E-state index >= 15 is 0 Å². The number of hydrogen-bond donors (Lipinski definition) is 2. The summed E-state index contributed by atoms with van der Waals surface area (Å²) in [6.45, 7) is 4.10. The van der Waals surface area contributed by atoms with Crippen molar-refractivity contribution >= 4 is 35.0 Å². The highest BCUT2D eigenvalue weighted by atomic mass is 32.2. The van der Waals surface area contributed by atoms with Crippen LogP contribution in [0.2, 0.25) is 0 Å². The molecule has 0 atom stereocenters. The molecule has 2 heterocycles. The van der Waals surface area contributed by atoms with E-state index in [0.717, 1.165) is 17.1 Å². The van der Waals surface area contributed by atoms with E-state index in [0.29, 0.717) is 28.9 Å². The minimum Gasteiger partial charge on any atom is -0.486 e. The number of aryl methyl sites for hydroxylation is 1. The fraction of sp³-hybridized carbons (Fsp3) is 0.200. The quantitative estimate of drug-likeness (QED) is 0.314. The molecule has 2 amide bonds. The third kappa shape index (κ3) is 6.97. The molecule has 0 aliphatic carbocycles. The molecule has 0 saturated heterocycles. The molecule has 9 nitrogen and oxygen atoms in total. The minimum atomic E-state index is -0.188. The van der Waals surface area contributed by atoms with Crippen molar-refractivity contribution in [1.29, 1.82) is 0 Å². The maximum Gasteiger partial charge on any atom is 0.234 e. The first-order chi connectivity index (χ1) is 17.0. The lowest BCUT2D eigenvalue weighted by molar-refractivity contribution is -0.114. The van der Waals surface area contributed by atoms with Gasteiger partial charge in [-0.15, -0.1) is 10.2 Å². The van der Waals surface area contributed by atoms with Crippen LogP contribution < -0.4 is 15.4 Å². The number of anilines is 2. The number of carbonyl (C=O) groups is 2. The molecule has 2 aromatic carbocycles. The lowest BCUT2D eigenvalue weighted by atomic mass is 10.2. The highest BCUT2D eigenvalue weighted by molar-refractivity contribution is 7.99. The Balaban J connectivity index is 1.39. The summed E-state index contributed by atoms with van der Waals surface area (Å²) in [7, 11) is 0. The number of nitrogens with zero attached hydrogens (tertiary/aromatic N) is 3. The zero-order chi connectivity index (χ0) is 24.6. The Morgan fingerprint density at radius 2 is 1.71 bits per heavy atom. The molecule has 0 fully saturated rings. The van der Waals surface area contributed by atoms with Crippen LogP contribution in [0.25, 0.3) is 0 Å². The number of amides is 2. The molecule has 0 spiro atoms. The molecule has 0 saturated carbocycles. The van der Waals surface area contributed by atoms with E-state index in [9.17, 15) is 9.59 Å². The van der Waals surface area contributed by atoms with Gasteiger partial charge in [0.05, 0.1) is 18.6 Å². The Labute approximate surface area is 206 Å². The van der Waals surface area contributed by atoms with Crippen LogP contribution in [0.3, 0.4) is 0 Å². The van der Waals surface area contributed by atoms with E-state index in [1.165, 1.54) is 18.7 Å². The summed E-state index contributed by atoms with van der Waals surface area (Å²) < 4.78 is 13.3. The maximum atomic E-state index is 12.5.